The molecule has 0 saturated heterocycles. The molecule has 1 heterocycles. The quantitative estimate of drug-likeness (QED) is 0.625. The molecule has 0 amide bonds. The molecule has 0 fully saturated rings. The maximum absolute atomic E-state index is 10.9. The van der Waals surface area contributed by atoms with Gasteiger partial charge in [0.1, 0.15) is 0 Å². The third-order valence-corrected chi connectivity index (χ3v) is 1.76. The second-order valence-electron chi connectivity index (χ2n) is 2.64. The van der Waals surface area contributed by atoms with Gasteiger partial charge in [-0.25, -0.2) is 0 Å². The lowest BCUT2D eigenvalue weighted by atomic mass is 10.1. The summed E-state index contributed by atoms with van der Waals surface area (Å²) in [4.78, 5) is 21.8. The summed E-state index contributed by atoms with van der Waals surface area (Å²) in [5.41, 5.74) is 1.16. The van der Waals surface area contributed by atoms with Crippen molar-refractivity contribution in [3.63, 3.8) is 0 Å². The van der Waals surface area contributed by atoms with E-state index in [1.807, 2.05) is 0 Å². The Labute approximate surface area is 65.5 Å². The summed E-state index contributed by atoms with van der Waals surface area (Å²) in [5, 5.41) is 2.90. The standard InChI is InChI=1S/C8H11NO2/c1-5(10)7-3-4-9-8(7)6(2)11/h9H,3-4H2,1-2H3. The highest BCUT2D eigenvalue weighted by molar-refractivity contribution is 6.04. The number of carbonyl (C=O) groups is 2. The van der Waals surface area contributed by atoms with Crippen LogP contribution in [-0.2, 0) is 9.59 Å². The lowest BCUT2D eigenvalue weighted by Gasteiger charge is -1.98. The van der Waals surface area contributed by atoms with Crippen LogP contribution in [0.15, 0.2) is 11.3 Å². The fourth-order valence-corrected chi connectivity index (χ4v) is 1.23. The molecule has 0 atom stereocenters. The average molecular weight is 153 g/mol. The topological polar surface area (TPSA) is 46.2 Å². The van der Waals surface area contributed by atoms with Gasteiger partial charge >= 0.3 is 0 Å². The zero-order valence-corrected chi connectivity index (χ0v) is 6.73. The average Bonchev–Trinajstić information content (AvgIpc) is 2.32. The summed E-state index contributed by atoms with van der Waals surface area (Å²) in [6.07, 6.45) is 0.685. The number of rotatable bonds is 2. The van der Waals surface area contributed by atoms with Crippen molar-refractivity contribution < 1.29 is 9.59 Å². The Hall–Kier alpha value is -1.12. The number of allylic oxidation sites excluding steroid dienone is 1. The van der Waals surface area contributed by atoms with E-state index in [0.717, 1.165) is 0 Å². The molecule has 3 nitrogen and oxygen atoms in total. The molecule has 1 aliphatic rings. The van der Waals surface area contributed by atoms with Crippen molar-refractivity contribution in [2.24, 2.45) is 0 Å². The van der Waals surface area contributed by atoms with E-state index < -0.39 is 0 Å². The normalized spacial score (nSPS) is 16.5. The minimum atomic E-state index is -0.0484. The van der Waals surface area contributed by atoms with Gasteiger partial charge < -0.3 is 5.32 Å². The predicted molar refractivity (Wildman–Crippen MR) is 41.0 cm³/mol. The van der Waals surface area contributed by atoms with E-state index in [1.165, 1.54) is 13.8 Å². The molecule has 1 rings (SSSR count). The molecule has 1 aliphatic heterocycles. The number of hydrogen-bond acceptors (Lipinski definition) is 3. The van der Waals surface area contributed by atoms with Gasteiger partial charge in [0.25, 0.3) is 0 Å². The van der Waals surface area contributed by atoms with E-state index in [1.54, 1.807) is 0 Å². The monoisotopic (exact) mass is 153 g/mol. The summed E-state index contributed by atoms with van der Waals surface area (Å²) in [5.74, 6) is -0.0482. The van der Waals surface area contributed by atoms with Crippen LogP contribution in [0.3, 0.4) is 0 Å². The first kappa shape index (κ1) is 7.98. The van der Waals surface area contributed by atoms with Gasteiger partial charge in [0.15, 0.2) is 11.6 Å². The van der Waals surface area contributed by atoms with Gasteiger partial charge in [0, 0.05) is 19.0 Å². The Kier molecular flexibility index (Phi) is 2.08. The van der Waals surface area contributed by atoms with Crippen molar-refractivity contribution >= 4 is 11.6 Å². The van der Waals surface area contributed by atoms with Gasteiger partial charge in [-0.2, -0.15) is 0 Å². The van der Waals surface area contributed by atoms with Crippen molar-refractivity contribution in [2.45, 2.75) is 20.3 Å². The van der Waals surface area contributed by atoms with Crippen LogP contribution >= 0.6 is 0 Å². The molecule has 3 heteroatoms. The Morgan fingerprint density at radius 2 is 1.91 bits per heavy atom. The molecule has 0 aliphatic carbocycles. The maximum atomic E-state index is 10.9. The number of nitrogens with one attached hydrogen (secondary N) is 1. The van der Waals surface area contributed by atoms with Crippen molar-refractivity contribution in [3.05, 3.63) is 11.3 Å². The first-order chi connectivity index (χ1) is 5.13. The first-order valence-corrected chi connectivity index (χ1v) is 3.62. The van der Waals surface area contributed by atoms with Gasteiger partial charge in [-0.05, 0) is 13.3 Å². The Bertz CT molecular complexity index is 216. The molecule has 60 valence electrons. The van der Waals surface area contributed by atoms with E-state index >= 15 is 0 Å². The van der Waals surface area contributed by atoms with Crippen LogP contribution < -0.4 is 5.32 Å². The van der Waals surface area contributed by atoms with Crippen molar-refractivity contribution in [1.29, 1.82) is 0 Å². The molecular weight excluding hydrogens is 142 g/mol. The molecule has 0 aromatic heterocycles. The van der Waals surface area contributed by atoms with Gasteiger partial charge in [0.2, 0.25) is 0 Å². The zero-order valence-electron chi connectivity index (χ0n) is 6.73. The zero-order chi connectivity index (χ0) is 8.43. The molecule has 11 heavy (non-hydrogen) atoms. The minimum absolute atomic E-state index is 0.000185. The highest BCUT2D eigenvalue weighted by Gasteiger charge is 2.19. The lowest BCUT2D eigenvalue weighted by Crippen LogP contribution is -2.14. The van der Waals surface area contributed by atoms with Crippen molar-refractivity contribution in [2.75, 3.05) is 6.54 Å². The third-order valence-electron chi connectivity index (χ3n) is 1.76. The number of ketones is 2. The number of Topliss-reactive ketones (excluding diaryl/α,β-unsaturated/α-hetero) is 2. The summed E-state index contributed by atoms with van der Waals surface area (Å²) in [6.45, 7) is 3.67. The second-order valence-corrected chi connectivity index (χ2v) is 2.64. The number of carbonyl (C=O) groups excluding carboxylic acids is 2. The van der Waals surface area contributed by atoms with E-state index in [-0.39, 0.29) is 11.6 Å². The van der Waals surface area contributed by atoms with E-state index in [0.29, 0.717) is 24.2 Å². The summed E-state index contributed by atoms with van der Waals surface area (Å²) >= 11 is 0. The Morgan fingerprint density at radius 1 is 1.27 bits per heavy atom. The van der Waals surface area contributed by atoms with Crippen LogP contribution in [0.2, 0.25) is 0 Å². The largest absolute Gasteiger partial charge is 0.382 e. The SMILES string of the molecule is CC(=O)C1=C(C(C)=O)NCC1. The van der Waals surface area contributed by atoms with Crippen LogP contribution in [0, 0.1) is 0 Å². The van der Waals surface area contributed by atoms with Gasteiger partial charge in [0.05, 0.1) is 5.70 Å². The molecule has 0 aromatic carbocycles. The highest BCUT2D eigenvalue weighted by atomic mass is 16.1. The fourth-order valence-electron chi connectivity index (χ4n) is 1.23. The predicted octanol–water partition coefficient (Wildman–Crippen LogP) is 0.412. The fraction of sp³-hybridized carbons (Fsp3) is 0.500. The molecule has 1 N–H and O–H groups in total. The molecule has 0 bridgehead atoms. The number of hydrogen-bond donors (Lipinski definition) is 1. The van der Waals surface area contributed by atoms with Gasteiger partial charge in [-0.15, -0.1) is 0 Å². The highest BCUT2D eigenvalue weighted by Crippen LogP contribution is 2.14. The van der Waals surface area contributed by atoms with Crippen LogP contribution in [0.1, 0.15) is 20.3 Å². The maximum Gasteiger partial charge on any atom is 0.176 e. The van der Waals surface area contributed by atoms with Crippen molar-refractivity contribution in [3.8, 4) is 0 Å². The molecule has 0 saturated carbocycles. The van der Waals surface area contributed by atoms with E-state index in [2.05, 4.69) is 5.32 Å². The Balaban J connectivity index is 2.95. The van der Waals surface area contributed by atoms with E-state index in [4.69, 9.17) is 0 Å². The molecular formula is C8H11NO2. The second kappa shape index (κ2) is 2.86. The van der Waals surface area contributed by atoms with Crippen LogP contribution in [-0.4, -0.2) is 18.1 Å². The summed E-state index contributed by atoms with van der Waals surface area (Å²) in [7, 11) is 0. The first-order valence-electron chi connectivity index (χ1n) is 3.62. The minimum Gasteiger partial charge on any atom is -0.382 e. The molecule has 0 spiro atoms. The molecule has 0 unspecified atom stereocenters. The van der Waals surface area contributed by atoms with Crippen LogP contribution in [0.25, 0.3) is 0 Å². The molecule has 0 radical (unpaired) electrons. The van der Waals surface area contributed by atoms with Gasteiger partial charge in [-0.3, -0.25) is 9.59 Å². The summed E-state index contributed by atoms with van der Waals surface area (Å²) in [6, 6.07) is 0. The van der Waals surface area contributed by atoms with Crippen molar-refractivity contribution in [1.82, 2.24) is 5.32 Å². The third kappa shape index (κ3) is 1.48. The molecule has 0 aromatic rings. The van der Waals surface area contributed by atoms with Crippen LogP contribution in [0.5, 0.6) is 0 Å². The smallest absolute Gasteiger partial charge is 0.176 e. The van der Waals surface area contributed by atoms with Crippen LogP contribution in [0.4, 0.5) is 0 Å². The summed E-state index contributed by atoms with van der Waals surface area (Å²) < 4.78 is 0. The van der Waals surface area contributed by atoms with Gasteiger partial charge in [-0.1, -0.05) is 0 Å². The van der Waals surface area contributed by atoms with E-state index in [9.17, 15) is 9.59 Å². The Morgan fingerprint density at radius 3 is 2.27 bits per heavy atom. The lowest BCUT2D eigenvalue weighted by molar-refractivity contribution is -0.116.